The highest BCUT2D eigenvalue weighted by atomic mass is 19.2. The third kappa shape index (κ3) is 3.87. The SMILES string of the molecule is O=C(CNC(=O)[C@@H]1CC=CCC1)Nc1ccc(F)c(F)c1F. The van der Waals surface area contributed by atoms with Crippen molar-refractivity contribution in [1.29, 1.82) is 0 Å². The van der Waals surface area contributed by atoms with E-state index >= 15 is 0 Å². The van der Waals surface area contributed by atoms with E-state index in [-0.39, 0.29) is 18.4 Å². The number of rotatable bonds is 4. The summed E-state index contributed by atoms with van der Waals surface area (Å²) in [6, 6.07) is 1.63. The Morgan fingerprint density at radius 3 is 2.59 bits per heavy atom. The maximum absolute atomic E-state index is 13.4. The van der Waals surface area contributed by atoms with Gasteiger partial charge in [-0.2, -0.15) is 0 Å². The zero-order chi connectivity index (χ0) is 16.1. The van der Waals surface area contributed by atoms with Gasteiger partial charge in [0.15, 0.2) is 17.5 Å². The molecule has 0 saturated carbocycles. The van der Waals surface area contributed by atoms with Crippen LogP contribution in [-0.4, -0.2) is 18.4 Å². The highest BCUT2D eigenvalue weighted by Crippen LogP contribution is 2.20. The standard InChI is InChI=1S/C15H15F3N2O2/c16-10-6-7-11(14(18)13(10)17)20-12(21)8-19-15(22)9-4-2-1-3-5-9/h1-2,6-7,9H,3-5,8H2,(H,19,22)(H,20,21)/t9-/m1/s1. The van der Waals surface area contributed by atoms with E-state index in [4.69, 9.17) is 0 Å². The molecule has 1 aromatic carbocycles. The monoisotopic (exact) mass is 312 g/mol. The largest absolute Gasteiger partial charge is 0.347 e. The van der Waals surface area contributed by atoms with Crippen molar-refractivity contribution in [2.45, 2.75) is 19.3 Å². The first-order valence-electron chi connectivity index (χ1n) is 6.85. The summed E-state index contributed by atoms with van der Waals surface area (Å²) in [5, 5.41) is 4.53. The quantitative estimate of drug-likeness (QED) is 0.663. The number of carbonyl (C=O) groups excluding carboxylic acids is 2. The van der Waals surface area contributed by atoms with E-state index in [0.29, 0.717) is 18.9 Å². The lowest BCUT2D eigenvalue weighted by molar-refractivity contribution is -0.127. The van der Waals surface area contributed by atoms with Crippen LogP contribution < -0.4 is 10.6 Å². The van der Waals surface area contributed by atoms with Crippen LogP contribution in [0.3, 0.4) is 0 Å². The van der Waals surface area contributed by atoms with Crippen molar-refractivity contribution >= 4 is 17.5 Å². The molecular weight excluding hydrogens is 297 g/mol. The van der Waals surface area contributed by atoms with Gasteiger partial charge >= 0.3 is 0 Å². The van der Waals surface area contributed by atoms with Crippen LogP contribution in [0, 0.1) is 23.4 Å². The molecule has 2 amide bonds. The van der Waals surface area contributed by atoms with Gasteiger partial charge in [0.1, 0.15) is 0 Å². The maximum Gasteiger partial charge on any atom is 0.243 e. The average Bonchev–Trinajstić information content (AvgIpc) is 2.54. The molecule has 1 atom stereocenters. The van der Waals surface area contributed by atoms with Gasteiger partial charge in [0, 0.05) is 5.92 Å². The van der Waals surface area contributed by atoms with Gasteiger partial charge in [0.25, 0.3) is 0 Å². The molecule has 2 N–H and O–H groups in total. The Morgan fingerprint density at radius 2 is 1.91 bits per heavy atom. The van der Waals surface area contributed by atoms with E-state index in [2.05, 4.69) is 10.6 Å². The predicted molar refractivity (Wildman–Crippen MR) is 74.4 cm³/mol. The molecule has 0 fully saturated rings. The lowest BCUT2D eigenvalue weighted by Crippen LogP contribution is -2.37. The Balaban J connectivity index is 1.87. The average molecular weight is 312 g/mol. The molecule has 0 aromatic heterocycles. The molecule has 118 valence electrons. The van der Waals surface area contributed by atoms with E-state index in [1.807, 2.05) is 12.2 Å². The number of hydrogen-bond donors (Lipinski definition) is 2. The molecule has 4 nitrogen and oxygen atoms in total. The Bertz CT molecular complexity index is 617. The number of carbonyl (C=O) groups is 2. The summed E-state index contributed by atoms with van der Waals surface area (Å²) in [6.45, 7) is -0.364. The zero-order valence-electron chi connectivity index (χ0n) is 11.7. The molecule has 0 heterocycles. The van der Waals surface area contributed by atoms with Gasteiger partial charge in [-0.3, -0.25) is 9.59 Å². The molecule has 1 aliphatic rings. The van der Waals surface area contributed by atoms with Gasteiger partial charge in [0.2, 0.25) is 11.8 Å². The number of allylic oxidation sites excluding steroid dienone is 2. The van der Waals surface area contributed by atoms with Gasteiger partial charge in [-0.15, -0.1) is 0 Å². The van der Waals surface area contributed by atoms with Crippen LogP contribution in [0.15, 0.2) is 24.3 Å². The molecule has 0 saturated heterocycles. The lowest BCUT2D eigenvalue weighted by atomic mass is 9.94. The maximum atomic E-state index is 13.4. The molecule has 2 rings (SSSR count). The number of halogens is 3. The molecule has 7 heteroatoms. The van der Waals surface area contributed by atoms with Crippen LogP contribution in [0.2, 0.25) is 0 Å². The number of amides is 2. The number of hydrogen-bond acceptors (Lipinski definition) is 2. The lowest BCUT2D eigenvalue weighted by Gasteiger charge is -2.17. The van der Waals surface area contributed by atoms with Crippen molar-refractivity contribution in [3.05, 3.63) is 41.7 Å². The Hall–Kier alpha value is -2.31. The molecule has 1 aliphatic carbocycles. The van der Waals surface area contributed by atoms with Gasteiger partial charge in [-0.25, -0.2) is 13.2 Å². The first-order valence-corrected chi connectivity index (χ1v) is 6.85. The van der Waals surface area contributed by atoms with Gasteiger partial charge in [0.05, 0.1) is 12.2 Å². The Kier molecular flexibility index (Phi) is 5.19. The Morgan fingerprint density at radius 1 is 1.14 bits per heavy atom. The van der Waals surface area contributed by atoms with E-state index in [1.165, 1.54) is 0 Å². The number of benzene rings is 1. The molecule has 0 bridgehead atoms. The van der Waals surface area contributed by atoms with E-state index in [0.717, 1.165) is 12.5 Å². The fraction of sp³-hybridized carbons (Fsp3) is 0.333. The van der Waals surface area contributed by atoms with Gasteiger partial charge in [-0.05, 0) is 31.4 Å². The molecule has 1 aromatic rings. The van der Waals surface area contributed by atoms with Crippen LogP contribution in [0.5, 0.6) is 0 Å². The van der Waals surface area contributed by atoms with Crippen LogP contribution in [0.25, 0.3) is 0 Å². The molecule has 0 unspecified atom stereocenters. The summed E-state index contributed by atoms with van der Waals surface area (Å²) in [5.41, 5.74) is -0.473. The second-order valence-corrected chi connectivity index (χ2v) is 4.97. The first kappa shape index (κ1) is 16.1. The van der Waals surface area contributed by atoms with Crippen molar-refractivity contribution in [2.24, 2.45) is 5.92 Å². The summed E-state index contributed by atoms with van der Waals surface area (Å²) in [5.74, 6) is -5.63. The zero-order valence-corrected chi connectivity index (χ0v) is 11.7. The number of nitrogens with one attached hydrogen (secondary N) is 2. The molecule has 22 heavy (non-hydrogen) atoms. The van der Waals surface area contributed by atoms with E-state index in [9.17, 15) is 22.8 Å². The minimum Gasteiger partial charge on any atom is -0.347 e. The number of anilines is 1. The minimum absolute atomic E-state index is 0.183. The Labute approximate surface area is 125 Å². The fourth-order valence-corrected chi connectivity index (χ4v) is 2.16. The third-order valence-electron chi connectivity index (χ3n) is 3.37. The predicted octanol–water partition coefficient (Wildman–Crippen LogP) is 2.51. The van der Waals surface area contributed by atoms with Crippen molar-refractivity contribution in [1.82, 2.24) is 5.32 Å². The van der Waals surface area contributed by atoms with Gasteiger partial charge < -0.3 is 10.6 Å². The van der Waals surface area contributed by atoms with Crippen molar-refractivity contribution in [2.75, 3.05) is 11.9 Å². The van der Waals surface area contributed by atoms with Crippen molar-refractivity contribution in [3.63, 3.8) is 0 Å². The van der Waals surface area contributed by atoms with Crippen molar-refractivity contribution in [3.8, 4) is 0 Å². The summed E-state index contributed by atoms with van der Waals surface area (Å²) < 4.78 is 39.2. The van der Waals surface area contributed by atoms with Crippen LogP contribution >= 0.6 is 0 Å². The summed E-state index contributed by atoms with van der Waals surface area (Å²) in [4.78, 5) is 23.4. The van der Waals surface area contributed by atoms with E-state index < -0.39 is 29.0 Å². The molecule has 0 spiro atoms. The van der Waals surface area contributed by atoms with Crippen LogP contribution in [0.1, 0.15) is 19.3 Å². The molecular formula is C15H15F3N2O2. The smallest absolute Gasteiger partial charge is 0.243 e. The molecule has 0 radical (unpaired) electrons. The fourth-order valence-electron chi connectivity index (χ4n) is 2.16. The van der Waals surface area contributed by atoms with E-state index in [1.54, 1.807) is 0 Å². The molecule has 0 aliphatic heterocycles. The highest BCUT2D eigenvalue weighted by molar-refractivity contribution is 5.94. The normalized spacial score (nSPS) is 17.1. The highest BCUT2D eigenvalue weighted by Gasteiger charge is 2.20. The minimum atomic E-state index is -1.66. The summed E-state index contributed by atoms with van der Waals surface area (Å²) >= 11 is 0. The summed E-state index contributed by atoms with van der Waals surface area (Å²) in [6.07, 6.45) is 6.03. The van der Waals surface area contributed by atoms with Crippen LogP contribution in [0.4, 0.5) is 18.9 Å². The van der Waals surface area contributed by atoms with Gasteiger partial charge in [-0.1, -0.05) is 12.2 Å². The summed E-state index contributed by atoms with van der Waals surface area (Å²) in [7, 11) is 0. The second-order valence-electron chi connectivity index (χ2n) is 4.97. The second kappa shape index (κ2) is 7.11. The first-order chi connectivity index (χ1) is 10.5. The third-order valence-corrected chi connectivity index (χ3v) is 3.37. The van der Waals surface area contributed by atoms with Crippen LogP contribution in [-0.2, 0) is 9.59 Å². The topological polar surface area (TPSA) is 58.2 Å². The van der Waals surface area contributed by atoms with Crippen molar-refractivity contribution < 1.29 is 22.8 Å².